The van der Waals surface area contributed by atoms with Crippen LogP contribution in [-0.4, -0.2) is 16.5 Å². The van der Waals surface area contributed by atoms with Crippen LogP contribution in [0.5, 0.6) is 0 Å². The summed E-state index contributed by atoms with van der Waals surface area (Å²) in [5.41, 5.74) is 5.68. The minimum absolute atomic E-state index is 0.339. The average molecular weight is 286 g/mol. The normalized spacial score (nSPS) is 17.2. The van der Waals surface area contributed by atoms with Gasteiger partial charge in [-0.25, -0.2) is 9.83 Å². The SMILES string of the molecule is [C-]#[N+]c1ccc2[nH]cc(-c3cnc4c(c3)C3(CC3)CN4)c2c1. The van der Waals surface area contributed by atoms with E-state index in [9.17, 15) is 0 Å². The first-order valence-corrected chi connectivity index (χ1v) is 7.52. The summed E-state index contributed by atoms with van der Waals surface area (Å²) in [6.45, 7) is 8.22. The second-order valence-corrected chi connectivity index (χ2v) is 6.30. The average Bonchev–Trinajstić information content (AvgIpc) is 3.09. The maximum Gasteiger partial charge on any atom is 0.188 e. The molecule has 1 saturated carbocycles. The lowest BCUT2D eigenvalue weighted by atomic mass is 9.96. The van der Waals surface area contributed by atoms with Crippen LogP contribution < -0.4 is 5.32 Å². The number of hydrogen-bond acceptors (Lipinski definition) is 2. The third-order valence-corrected chi connectivity index (χ3v) is 5.01. The van der Waals surface area contributed by atoms with E-state index < -0.39 is 0 Å². The number of fused-ring (bicyclic) bond motifs is 3. The number of aromatic nitrogens is 2. The zero-order valence-electron chi connectivity index (χ0n) is 12.0. The minimum atomic E-state index is 0.339. The summed E-state index contributed by atoms with van der Waals surface area (Å²) in [5.74, 6) is 1.04. The van der Waals surface area contributed by atoms with Crippen LogP contribution in [-0.2, 0) is 5.41 Å². The molecule has 0 amide bonds. The largest absolute Gasteiger partial charge is 0.369 e. The molecule has 3 heterocycles. The summed E-state index contributed by atoms with van der Waals surface area (Å²) in [5, 5.41) is 4.51. The monoisotopic (exact) mass is 286 g/mol. The Balaban J connectivity index is 1.71. The Bertz CT molecular complexity index is 957. The van der Waals surface area contributed by atoms with Gasteiger partial charge in [-0.3, -0.25) is 0 Å². The van der Waals surface area contributed by atoms with Gasteiger partial charge in [-0.05, 0) is 36.4 Å². The van der Waals surface area contributed by atoms with Crippen molar-refractivity contribution in [3.63, 3.8) is 0 Å². The molecule has 0 unspecified atom stereocenters. The van der Waals surface area contributed by atoms with Gasteiger partial charge in [-0.15, -0.1) is 0 Å². The van der Waals surface area contributed by atoms with Crippen LogP contribution in [0.3, 0.4) is 0 Å². The maximum absolute atomic E-state index is 7.20. The number of nitrogens with zero attached hydrogens (tertiary/aromatic N) is 2. The molecule has 22 heavy (non-hydrogen) atoms. The molecule has 0 atom stereocenters. The fraction of sp³-hybridized carbons (Fsp3) is 0.222. The molecule has 5 rings (SSSR count). The first-order chi connectivity index (χ1) is 10.8. The standard InChI is InChI=1S/C18H14N4/c1-19-12-2-3-16-13(7-12)14(9-20-16)11-6-15-17(21-8-11)22-10-18(15)4-5-18/h2-3,6-9,20H,4-5,10H2,(H,21,22). The molecule has 1 fully saturated rings. The third kappa shape index (κ3) is 1.48. The lowest BCUT2D eigenvalue weighted by Crippen LogP contribution is -2.08. The van der Waals surface area contributed by atoms with Crippen LogP contribution in [0, 0.1) is 6.57 Å². The van der Waals surface area contributed by atoms with Gasteiger partial charge in [0.15, 0.2) is 5.69 Å². The van der Waals surface area contributed by atoms with Gasteiger partial charge in [0.25, 0.3) is 0 Å². The summed E-state index contributed by atoms with van der Waals surface area (Å²) in [6.07, 6.45) is 6.46. The smallest absolute Gasteiger partial charge is 0.188 e. The fourth-order valence-corrected chi connectivity index (χ4v) is 3.52. The third-order valence-electron chi connectivity index (χ3n) is 5.01. The second-order valence-electron chi connectivity index (χ2n) is 6.30. The van der Waals surface area contributed by atoms with Crippen LogP contribution in [0.1, 0.15) is 18.4 Å². The summed E-state index contributed by atoms with van der Waals surface area (Å²) in [4.78, 5) is 11.4. The summed E-state index contributed by atoms with van der Waals surface area (Å²) >= 11 is 0. The van der Waals surface area contributed by atoms with Crippen molar-refractivity contribution in [3.8, 4) is 11.1 Å². The number of nitrogens with one attached hydrogen (secondary N) is 2. The summed E-state index contributed by atoms with van der Waals surface area (Å²) in [6, 6.07) is 8.05. The summed E-state index contributed by atoms with van der Waals surface area (Å²) < 4.78 is 0. The molecule has 1 spiro atoms. The Morgan fingerprint density at radius 1 is 1.23 bits per heavy atom. The van der Waals surface area contributed by atoms with Crippen LogP contribution in [0.4, 0.5) is 11.5 Å². The van der Waals surface area contributed by atoms with Gasteiger partial charge in [0, 0.05) is 46.6 Å². The predicted molar refractivity (Wildman–Crippen MR) is 87.2 cm³/mol. The summed E-state index contributed by atoms with van der Waals surface area (Å²) in [7, 11) is 0. The van der Waals surface area contributed by atoms with E-state index in [2.05, 4.69) is 26.2 Å². The first-order valence-electron chi connectivity index (χ1n) is 7.52. The Labute approximate surface area is 128 Å². The molecule has 0 radical (unpaired) electrons. The van der Waals surface area contributed by atoms with Crippen molar-refractivity contribution < 1.29 is 0 Å². The number of hydrogen-bond donors (Lipinski definition) is 2. The van der Waals surface area contributed by atoms with Crippen LogP contribution in [0.25, 0.3) is 26.9 Å². The van der Waals surface area contributed by atoms with E-state index in [0.29, 0.717) is 11.1 Å². The van der Waals surface area contributed by atoms with Gasteiger partial charge >= 0.3 is 0 Å². The molecular formula is C18H14N4. The van der Waals surface area contributed by atoms with Gasteiger partial charge in [-0.2, -0.15) is 0 Å². The quantitative estimate of drug-likeness (QED) is 0.657. The van der Waals surface area contributed by atoms with Gasteiger partial charge < -0.3 is 10.3 Å². The lowest BCUT2D eigenvalue weighted by Gasteiger charge is -2.07. The highest BCUT2D eigenvalue weighted by atomic mass is 15.0. The molecule has 2 aliphatic rings. The van der Waals surface area contributed by atoms with Crippen LogP contribution in [0.15, 0.2) is 36.7 Å². The number of benzene rings is 1. The molecule has 106 valence electrons. The predicted octanol–water partition coefficient (Wildman–Crippen LogP) is 4.24. The first kappa shape index (κ1) is 11.8. The van der Waals surface area contributed by atoms with Crippen molar-refractivity contribution in [3.05, 3.63) is 53.6 Å². The van der Waals surface area contributed by atoms with Crippen molar-refractivity contribution >= 4 is 22.4 Å². The van der Waals surface area contributed by atoms with Crippen molar-refractivity contribution in [1.82, 2.24) is 9.97 Å². The molecule has 1 aromatic carbocycles. The van der Waals surface area contributed by atoms with Crippen molar-refractivity contribution in [2.45, 2.75) is 18.3 Å². The van der Waals surface area contributed by atoms with E-state index in [-0.39, 0.29) is 0 Å². The van der Waals surface area contributed by atoms with Crippen LogP contribution in [0.2, 0.25) is 0 Å². The second kappa shape index (κ2) is 3.89. The Morgan fingerprint density at radius 3 is 2.95 bits per heavy atom. The van der Waals surface area contributed by atoms with Crippen molar-refractivity contribution in [2.24, 2.45) is 0 Å². The lowest BCUT2D eigenvalue weighted by molar-refractivity contribution is 0.778. The molecule has 4 heteroatoms. The molecule has 0 bridgehead atoms. The highest BCUT2D eigenvalue weighted by molar-refractivity contribution is 5.97. The van der Waals surface area contributed by atoms with Gasteiger partial charge in [0.1, 0.15) is 5.82 Å². The topological polar surface area (TPSA) is 45.1 Å². The van der Waals surface area contributed by atoms with Gasteiger partial charge in [0.2, 0.25) is 0 Å². The molecule has 1 aliphatic heterocycles. The zero-order valence-corrected chi connectivity index (χ0v) is 12.0. The fourth-order valence-electron chi connectivity index (χ4n) is 3.52. The molecule has 2 N–H and O–H groups in total. The van der Waals surface area contributed by atoms with E-state index in [1.165, 1.54) is 18.4 Å². The zero-order chi connectivity index (χ0) is 14.7. The van der Waals surface area contributed by atoms with Gasteiger partial charge in [0.05, 0.1) is 6.57 Å². The number of pyridine rings is 1. The Morgan fingerprint density at radius 2 is 2.14 bits per heavy atom. The van der Waals surface area contributed by atoms with Crippen LogP contribution >= 0.6 is 0 Å². The molecule has 2 aromatic heterocycles. The molecule has 1 aliphatic carbocycles. The number of aromatic amines is 1. The highest BCUT2D eigenvalue weighted by Gasteiger charge is 2.49. The van der Waals surface area contributed by atoms with E-state index in [1.54, 1.807) is 0 Å². The maximum atomic E-state index is 7.20. The van der Waals surface area contributed by atoms with Crippen molar-refractivity contribution in [1.29, 1.82) is 0 Å². The number of H-pyrrole nitrogens is 1. The van der Waals surface area contributed by atoms with Crippen molar-refractivity contribution in [2.75, 3.05) is 11.9 Å². The van der Waals surface area contributed by atoms with Gasteiger partial charge in [-0.1, -0.05) is 6.07 Å². The molecule has 4 nitrogen and oxygen atoms in total. The van der Waals surface area contributed by atoms with E-state index in [4.69, 9.17) is 6.57 Å². The van der Waals surface area contributed by atoms with E-state index in [1.807, 2.05) is 30.6 Å². The van der Waals surface area contributed by atoms with E-state index >= 15 is 0 Å². The highest BCUT2D eigenvalue weighted by Crippen LogP contribution is 2.54. The number of rotatable bonds is 1. The molecule has 0 saturated heterocycles. The van der Waals surface area contributed by atoms with E-state index in [0.717, 1.165) is 34.4 Å². The minimum Gasteiger partial charge on any atom is -0.369 e. The Hall–Kier alpha value is -2.80. The number of anilines is 1. The molecular weight excluding hydrogens is 272 g/mol. The Kier molecular flexibility index (Phi) is 2.09. The molecule has 3 aromatic rings.